The summed E-state index contributed by atoms with van der Waals surface area (Å²) < 4.78 is 33.4. The van der Waals surface area contributed by atoms with E-state index in [1.165, 1.54) is 11.8 Å². The summed E-state index contributed by atoms with van der Waals surface area (Å²) in [5.41, 5.74) is 6.80. The van der Waals surface area contributed by atoms with Crippen molar-refractivity contribution < 1.29 is 13.2 Å². The highest BCUT2D eigenvalue weighted by atomic mass is 32.2. The van der Waals surface area contributed by atoms with Gasteiger partial charge in [0.25, 0.3) is 10.0 Å². The van der Waals surface area contributed by atoms with Crippen molar-refractivity contribution in [2.45, 2.75) is 16.9 Å². The molecule has 0 bridgehead atoms. The number of amidine groups is 1. The van der Waals surface area contributed by atoms with Crippen LogP contribution in [-0.2, 0) is 15.6 Å². The number of benzene rings is 2. The molecule has 1 atom stereocenters. The van der Waals surface area contributed by atoms with Crippen molar-refractivity contribution in [2.75, 3.05) is 17.1 Å². The fourth-order valence-corrected chi connectivity index (χ4v) is 5.16. The molecule has 0 aromatic heterocycles. The van der Waals surface area contributed by atoms with Gasteiger partial charge in [0.2, 0.25) is 0 Å². The second-order valence-electron chi connectivity index (χ2n) is 6.00. The number of fused-ring (bicyclic) bond motifs is 2. The average molecular weight is 375 g/mol. The Labute approximate surface area is 150 Å². The molecule has 0 fully saturated rings. The van der Waals surface area contributed by atoms with E-state index in [1.54, 1.807) is 48.5 Å². The van der Waals surface area contributed by atoms with Crippen LogP contribution in [0.3, 0.4) is 0 Å². The summed E-state index contributed by atoms with van der Waals surface area (Å²) in [5.74, 6) is 1.47. The van der Waals surface area contributed by atoms with E-state index < -0.39 is 15.6 Å². The third kappa shape index (κ3) is 2.96. The van der Waals surface area contributed by atoms with Gasteiger partial charge in [-0.15, -0.1) is 0 Å². The van der Waals surface area contributed by atoms with Crippen LogP contribution in [0.15, 0.2) is 58.4 Å². The molecule has 2 aromatic carbocycles. The second kappa shape index (κ2) is 5.96. The van der Waals surface area contributed by atoms with E-state index in [4.69, 9.17) is 10.5 Å². The highest BCUT2D eigenvalue weighted by molar-refractivity contribution is 8.14. The maximum absolute atomic E-state index is 12.5. The number of anilines is 1. The van der Waals surface area contributed by atoms with E-state index in [0.29, 0.717) is 17.5 Å². The first kappa shape index (κ1) is 16.3. The number of sulfonamides is 1. The molecule has 0 saturated heterocycles. The third-order valence-corrected chi connectivity index (χ3v) is 6.75. The number of hydrogen-bond donors (Lipinski definition) is 2. The van der Waals surface area contributed by atoms with Gasteiger partial charge in [0.1, 0.15) is 11.3 Å². The minimum atomic E-state index is -3.64. The van der Waals surface area contributed by atoms with Gasteiger partial charge in [0.15, 0.2) is 5.17 Å². The van der Waals surface area contributed by atoms with Crippen LogP contribution in [-0.4, -0.2) is 25.9 Å². The van der Waals surface area contributed by atoms with Crippen LogP contribution in [0, 0.1) is 0 Å². The molecule has 0 radical (unpaired) electrons. The Hall–Kier alpha value is -2.19. The monoisotopic (exact) mass is 375 g/mol. The summed E-state index contributed by atoms with van der Waals surface area (Å²) in [6.07, 6.45) is 0.725. The van der Waals surface area contributed by atoms with Crippen LogP contribution < -0.4 is 15.2 Å². The normalized spacial score (nSPS) is 22.2. The van der Waals surface area contributed by atoms with E-state index in [0.717, 1.165) is 23.5 Å². The third-order valence-electron chi connectivity index (χ3n) is 4.34. The van der Waals surface area contributed by atoms with Gasteiger partial charge in [0.05, 0.1) is 11.5 Å². The van der Waals surface area contributed by atoms with Crippen molar-refractivity contribution in [3.63, 3.8) is 0 Å². The Morgan fingerprint density at radius 1 is 1.20 bits per heavy atom. The predicted molar refractivity (Wildman–Crippen MR) is 99.6 cm³/mol. The lowest BCUT2D eigenvalue weighted by atomic mass is 9.86. The smallest absolute Gasteiger partial charge is 0.261 e. The molecular formula is C17H17N3O3S2. The van der Waals surface area contributed by atoms with Gasteiger partial charge >= 0.3 is 0 Å². The molecule has 1 unspecified atom stereocenters. The van der Waals surface area contributed by atoms with Crippen LogP contribution in [0.4, 0.5) is 5.69 Å². The molecule has 0 amide bonds. The zero-order valence-corrected chi connectivity index (χ0v) is 14.9. The second-order valence-corrected chi connectivity index (χ2v) is 8.68. The summed E-state index contributed by atoms with van der Waals surface area (Å²) in [6, 6.07) is 13.6. The Morgan fingerprint density at radius 2 is 2.00 bits per heavy atom. The maximum Gasteiger partial charge on any atom is 0.261 e. The lowest BCUT2D eigenvalue weighted by Crippen LogP contribution is -2.32. The number of rotatable bonds is 3. The van der Waals surface area contributed by atoms with Crippen LogP contribution in [0.2, 0.25) is 0 Å². The van der Waals surface area contributed by atoms with E-state index in [-0.39, 0.29) is 4.90 Å². The largest absolute Gasteiger partial charge is 0.493 e. The summed E-state index contributed by atoms with van der Waals surface area (Å²) in [5, 5.41) is 0.558. The standard InChI is InChI=1S/C17H17N3O3S2/c18-16-19-17(11-24-16)8-9-23-15-7-6-12(10-14(15)17)20-25(21,22)13-4-2-1-3-5-13/h1-7,10,20H,8-9,11H2,(H2,18,19). The Balaban J connectivity index is 1.71. The number of hydrogen-bond acceptors (Lipinski definition) is 6. The van der Waals surface area contributed by atoms with Gasteiger partial charge < -0.3 is 10.5 Å². The van der Waals surface area contributed by atoms with E-state index >= 15 is 0 Å². The van der Waals surface area contributed by atoms with Gasteiger partial charge in [-0.3, -0.25) is 9.71 Å². The van der Waals surface area contributed by atoms with Gasteiger partial charge in [-0.25, -0.2) is 8.42 Å². The van der Waals surface area contributed by atoms with Crippen LogP contribution in [0.1, 0.15) is 12.0 Å². The molecule has 8 heteroatoms. The summed E-state index contributed by atoms with van der Waals surface area (Å²) in [6.45, 7) is 0.569. The first-order valence-electron chi connectivity index (χ1n) is 7.82. The highest BCUT2D eigenvalue weighted by Gasteiger charge is 2.41. The quantitative estimate of drug-likeness (QED) is 0.860. The van der Waals surface area contributed by atoms with Gasteiger partial charge in [-0.05, 0) is 30.3 Å². The number of nitrogens with two attached hydrogens (primary N) is 1. The topological polar surface area (TPSA) is 93.8 Å². The van der Waals surface area contributed by atoms with Crippen molar-refractivity contribution in [1.82, 2.24) is 0 Å². The molecule has 0 saturated carbocycles. The summed E-state index contributed by atoms with van der Waals surface area (Å²) in [4.78, 5) is 4.84. The van der Waals surface area contributed by atoms with Crippen molar-refractivity contribution >= 4 is 32.6 Å². The number of thioether (sulfide) groups is 1. The molecule has 2 aromatic rings. The van der Waals surface area contributed by atoms with E-state index in [9.17, 15) is 8.42 Å². The lowest BCUT2D eigenvalue weighted by molar-refractivity contribution is 0.232. The molecule has 2 aliphatic rings. The molecule has 3 N–H and O–H groups in total. The minimum absolute atomic E-state index is 0.220. The van der Waals surface area contributed by atoms with Gasteiger partial charge in [-0.1, -0.05) is 30.0 Å². The SMILES string of the molecule is NC1=NC2(CCOc3ccc(NS(=O)(=O)c4ccccc4)cc32)CS1. The summed E-state index contributed by atoms with van der Waals surface area (Å²) >= 11 is 1.52. The van der Waals surface area contributed by atoms with Crippen LogP contribution in [0.25, 0.3) is 0 Å². The fourth-order valence-electron chi connectivity index (χ4n) is 3.10. The van der Waals surface area contributed by atoms with Crippen LogP contribution in [0.5, 0.6) is 5.75 Å². The van der Waals surface area contributed by atoms with Gasteiger partial charge in [0, 0.05) is 23.4 Å². The van der Waals surface area contributed by atoms with Crippen molar-refractivity contribution in [2.24, 2.45) is 10.7 Å². The Bertz CT molecular complexity index is 945. The van der Waals surface area contributed by atoms with Crippen molar-refractivity contribution in [1.29, 1.82) is 0 Å². The van der Waals surface area contributed by atoms with Crippen molar-refractivity contribution in [3.8, 4) is 5.75 Å². The maximum atomic E-state index is 12.5. The molecule has 1 spiro atoms. The minimum Gasteiger partial charge on any atom is -0.493 e. The Kier molecular flexibility index (Phi) is 3.88. The molecule has 4 rings (SSSR count). The van der Waals surface area contributed by atoms with E-state index in [2.05, 4.69) is 9.71 Å². The first-order valence-corrected chi connectivity index (χ1v) is 10.3. The molecule has 130 valence electrons. The fraction of sp³-hybridized carbons (Fsp3) is 0.235. The lowest BCUT2D eigenvalue weighted by Gasteiger charge is -2.32. The Morgan fingerprint density at radius 3 is 2.72 bits per heavy atom. The highest BCUT2D eigenvalue weighted by Crippen LogP contribution is 2.46. The van der Waals surface area contributed by atoms with Gasteiger partial charge in [-0.2, -0.15) is 0 Å². The molecule has 2 aliphatic heterocycles. The van der Waals surface area contributed by atoms with Crippen LogP contribution >= 0.6 is 11.8 Å². The molecular weight excluding hydrogens is 358 g/mol. The molecule has 6 nitrogen and oxygen atoms in total. The first-order chi connectivity index (χ1) is 12.0. The predicted octanol–water partition coefficient (Wildman–Crippen LogP) is 2.53. The number of nitrogens with one attached hydrogen (secondary N) is 1. The zero-order valence-electron chi connectivity index (χ0n) is 13.3. The number of ether oxygens (including phenoxy) is 1. The number of aliphatic imine (C=N–C) groups is 1. The molecule has 25 heavy (non-hydrogen) atoms. The molecule has 2 heterocycles. The zero-order chi connectivity index (χ0) is 17.5. The number of nitrogens with zero attached hydrogens (tertiary/aromatic N) is 1. The van der Waals surface area contributed by atoms with E-state index in [1.807, 2.05) is 0 Å². The average Bonchev–Trinajstić information content (AvgIpc) is 2.98. The van der Waals surface area contributed by atoms with Crippen molar-refractivity contribution in [3.05, 3.63) is 54.1 Å². The summed E-state index contributed by atoms with van der Waals surface area (Å²) in [7, 11) is -3.64. The molecule has 0 aliphatic carbocycles.